The van der Waals surface area contributed by atoms with E-state index in [0.29, 0.717) is 22.7 Å². The standard InChI is InChI=1S/C17H26N2O4/c1-10-6-5-7-19(8-10)14(21)9-23-17(22)16-11(2)15(13(4)20)12(3)18-16/h10,13,18,20H,5-9H2,1-4H3/t10-,13+/m1/s1. The van der Waals surface area contributed by atoms with Gasteiger partial charge in [-0.1, -0.05) is 6.92 Å². The van der Waals surface area contributed by atoms with Crippen LogP contribution < -0.4 is 0 Å². The Morgan fingerprint density at radius 1 is 1.43 bits per heavy atom. The zero-order valence-corrected chi connectivity index (χ0v) is 14.3. The zero-order chi connectivity index (χ0) is 17.1. The van der Waals surface area contributed by atoms with Gasteiger partial charge in [0.15, 0.2) is 6.61 Å². The van der Waals surface area contributed by atoms with Crippen molar-refractivity contribution in [1.29, 1.82) is 0 Å². The van der Waals surface area contributed by atoms with E-state index >= 15 is 0 Å². The third-order valence-corrected chi connectivity index (χ3v) is 4.45. The number of amides is 1. The van der Waals surface area contributed by atoms with Crippen molar-refractivity contribution >= 4 is 11.9 Å². The maximum Gasteiger partial charge on any atom is 0.355 e. The van der Waals surface area contributed by atoms with Gasteiger partial charge in [-0.2, -0.15) is 0 Å². The zero-order valence-electron chi connectivity index (χ0n) is 14.3. The maximum absolute atomic E-state index is 12.2. The second-order valence-corrected chi connectivity index (χ2v) is 6.50. The molecule has 0 unspecified atom stereocenters. The van der Waals surface area contributed by atoms with Crippen LogP contribution in [0.3, 0.4) is 0 Å². The Hall–Kier alpha value is -1.82. The number of ether oxygens (including phenoxy) is 1. The first-order valence-corrected chi connectivity index (χ1v) is 8.13. The molecule has 128 valence electrons. The van der Waals surface area contributed by atoms with E-state index < -0.39 is 12.1 Å². The average Bonchev–Trinajstić information content (AvgIpc) is 2.79. The molecule has 0 aliphatic carbocycles. The van der Waals surface area contributed by atoms with Crippen molar-refractivity contribution < 1.29 is 19.4 Å². The normalized spacial score (nSPS) is 19.5. The van der Waals surface area contributed by atoms with Crippen LogP contribution in [0, 0.1) is 19.8 Å². The molecule has 1 saturated heterocycles. The number of aliphatic hydroxyl groups excluding tert-OH is 1. The summed E-state index contributed by atoms with van der Waals surface area (Å²) in [7, 11) is 0. The molecule has 2 heterocycles. The molecular formula is C17H26N2O4. The molecule has 0 saturated carbocycles. The van der Waals surface area contributed by atoms with E-state index in [9.17, 15) is 14.7 Å². The van der Waals surface area contributed by atoms with Crippen LogP contribution in [0.25, 0.3) is 0 Å². The number of nitrogens with zero attached hydrogens (tertiary/aromatic N) is 1. The molecule has 1 amide bonds. The lowest BCUT2D eigenvalue weighted by Gasteiger charge is -2.30. The Balaban J connectivity index is 1.97. The second-order valence-electron chi connectivity index (χ2n) is 6.50. The molecule has 1 fully saturated rings. The highest BCUT2D eigenvalue weighted by Gasteiger charge is 2.24. The molecule has 0 radical (unpaired) electrons. The number of aromatic nitrogens is 1. The minimum Gasteiger partial charge on any atom is -0.451 e. The van der Waals surface area contributed by atoms with Crippen LogP contribution in [0.1, 0.15) is 60.1 Å². The number of aryl methyl sites for hydroxylation is 1. The lowest BCUT2D eigenvalue weighted by molar-refractivity contribution is -0.136. The minimum absolute atomic E-state index is 0.151. The van der Waals surface area contributed by atoms with E-state index in [-0.39, 0.29) is 12.5 Å². The summed E-state index contributed by atoms with van der Waals surface area (Å²) in [5, 5.41) is 9.76. The molecule has 1 aliphatic rings. The van der Waals surface area contributed by atoms with Gasteiger partial charge in [-0.25, -0.2) is 4.79 Å². The van der Waals surface area contributed by atoms with E-state index in [1.165, 1.54) is 0 Å². The summed E-state index contributed by atoms with van der Waals surface area (Å²) in [5.41, 5.74) is 2.41. The fourth-order valence-corrected chi connectivity index (χ4v) is 3.30. The van der Waals surface area contributed by atoms with Crippen LogP contribution in [-0.2, 0) is 9.53 Å². The molecule has 2 N–H and O–H groups in total. The highest BCUT2D eigenvalue weighted by molar-refractivity contribution is 5.91. The molecule has 23 heavy (non-hydrogen) atoms. The van der Waals surface area contributed by atoms with Crippen molar-refractivity contribution in [3.8, 4) is 0 Å². The van der Waals surface area contributed by atoms with Crippen LogP contribution in [0.15, 0.2) is 0 Å². The van der Waals surface area contributed by atoms with Gasteiger partial charge in [-0.15, -0.1) is 0 Å². The lowest BCUT2D eigenvalue weighted by atomic mass is 10.0. The number of carbonyl (C=O) groups excluding carboxylic acids is 2. The molecular weight excluding hydrogens is 296 g/mol. The van der Waals surface area contributed by atoms with Gasteiger partial charge < -0.3 is 19.7 Å². The van der Waals surface area contributed by atoms with Crippen molar-refractivity contribution in [3.63, 3.8) is 0 Å². The van der Waals surface area contributed by atoms with Crippen LogP contribution in [-0.4, -0.2) is 46.6 Å². The van der Waals surface area contributed by atoms with Crippen LogP contribution >= 0.6 is 0 Å². The highest BCUT2D eigenvalue weighted by Crippen LogP contribution is 2.25. The topological polar surface area (TPSA) is 82.6 Å². The Morgan fingerprint density at radius 2 is 2.13 bits per heavy atom. The van der Waals surface area contributed by atoms with Crippen LogP contribution in [0.5, 0.6) is 0 Å². The number of rotatable bonds is 4. The summed E-state index contributed by atoms with van der Waals surface area (Å²) in [6, 6.07) is 0. The third kappa shape index (κ3) is 3.93. The number of carbonyl (C=O) groups is 2. The molecule has 0 bridgehead atoms. The summed E-state index contributed by atoms with van der Waals surface area (Å²) in [4.78, 5) is 29.0. The number of aromatic amines is 1. The summed E-state index contributed by atoms with van der Waals surface area (Å²) >= 11 is 0. The van der Waals surface area contributed by atoms with E-state index in [1.807, 2.05) is 0 Å². The summed E-state index contributed by atoms with van der Waals surface area (Å²) in [6.45, 7) is 8.54. The van der Waals surface area contributed by atoms with E-state index in [1.54, 1.807) is 25.7 Å². The number of likely N-dealkylation sites (tertiary alicyclic amines) is 1. The molecule has 1 aromatic heterocycles. The van der Waals surface area contributed by atoms with E-state index in [0.717, 1.165) is 31.6 Å². The number of esters is 1. The Labute approximate surface area is 136 Å². The number of hydrogen-bond donors (Lipinski definition) is 2. The summed E-state index contributed by atoms with van der Waals surface area (Å²) in [6.07, 6.45) is 1.46. The van der Waals surface area contributed by atoms with Crippen molar-refractivity contribution in [2.45, 2.75) is 46.6 Å². The van der Waals surface area contributed by atoms with Crippen molar-refractivity contribution in [2.75, 3.05) is 19.7 Å². The maximum atomic E-state index is 12.2. The van der Waals surface area contributed by atoms with Gasteiger partial charge in [0.1, 0.15) is 5.69 Å². The van der Waals surface area contributed by atoms with Crippen molar-refractivity contribution in [2.24, 2.45) is 5.92 Å². The molecule has 2 rings (SSSR count). The molecule has 6 nitrogen and oxygen atoms in total. The number of hydrogen-bond acceptors (Lipinski definition) is 4. The first-order valence-electron chi connectivity index (χ1n) is 8.13. The molecule has 0 aromatic carbocycles. The van der Waals surface area contributed by atoms with Gasteiger partial charge in [0.05, 0.1) is 6.10 Å². The SMILES string of the molecule is Cc1[nH]c(C(=O)OCC(=O)N2CCC[C@@H](C)C2)c(C)c1[C@H](C)O. The Morgan fingerprint density at radius 3 is 2.70 bits per heavy atom. The smallest absolute Gasteiger partial charge is 0.355 e. The number of nitrogens with one attached hydrogen (secondary N) is 1. The van der Waals surface area contributed by atoms with Gasteiger partial charge in [0.25, 0.3) is 5.91 Å². The van der Waals surface area contributed by atoms with Gasteiger partial charge in [0.2, 0.25) is 0 Å². The van der Waals surface area contributed by atoms with Gasteiger partial charge in [0, 0.05) is 24.3 Å². The summed E-state index contributed by atoms with van der Waals surface area (Å²) < 4.78 is 5.16. The fourth-order valence-electron chi connectivity index (χ4n) is 3.30. The average molecular weight is 322 g/mol. The monoisotopic (exact) mass is 322 g/mol. The number of H-pyrrole nitrogens is 1. The Bertz CT molecular complexity index is 592. The van der Waals surface area contributed by atoms with E-state index in [2.05, 4.69) is 11.9 Å². The molecule has 2 atom stereocenters. The van der Waals surface area contributed by atoms with Gasteiger partial charge in [-0.05, 0) is 45.1 Å². The molecule has 0 spiro atoms. The third-order valence-electron chi connectivity index (χ3n) is 4.45. The van der Waals surface area contributed by atoms with Crippen molar-refractivity contribution in [3.05, 3.63) is 22.5 Å². The molecule has 1 aliphatic heterocycles. The predicted molar refractivity (Wildman–Crippen MR) is 86.2 cm³/mol. The molecule has 1 aromatic rings. The first-order chi connectivity index (χ1) is 10.8. The van der Waals surface area contributed by atoms with Gasteiger partial charge in [-0.3, -0.25) is 4.79 Å². The van der Waals surface area contributed by atoms with E-state index in [4.69, 9.17) is 4.74 Å². The second kappa shape index (κ2) is 7.17. The van der Waals surface area contributed by atoms with Crippen LogP contribution in [0.4, 0.5) is 0 Å². The number of aliphatic hydroxyl groups is 1. The Kier molecular flexibility index (Phi) is 5.46. The van der Waals surface area contributed by atoms with Crippen molar-refractivity contribution in [1.82, 2.24) is 9.88 Å². The summed E-state index contributed by atoms with van der Waals surface area (Å²) in [5.74, 6) is -0.220. The first kappa shape index (κ1) is 17.5. The molecule has 6 heteroatoms. The van der Waals surface area contributed by atoms with Crippen LogP contribution in [0.2, 0.25) is 0 Å². The van der Waals surface area contributed by atoms with Gasteiger partial charge >= 0.3 is 5.97 Å². The predicted octanol–water partition coefficient (Wildman–Crippen LogP) is 2.10. The lowest BCUT2D eigenvalue weighted by Crippen LogP contribution is -2.41. The quantitative estimate of drug-likeness (QED) is 0.832. The highest BCUT2D eigenvalue weighted by atomic mass is 16.5. The fraction of sp³-hybridized carbons (Fsp3) is 0.647. The minimum atomic E-state index is -0.663. The largest absolute Gasteiger partial charge is 0.451 e. The number of piperidine rings is 1.